The predicted molar refractivity (Wildman–Crippen MR) is 116 cm³/mol. The highest BCUT2D eigenvalue weighted by Crippen LogP contribution is 2.29. The molecule has 4 rings (SSSR count). The molecule has 6 nitrogen and oxygen atoms in total. The SMILES string of the molecule is CN1CCN(CCc2cc3ncnc(Nc4ccc(F)c(Cl)c4)c3cc2N)CC1. The van der Waals surface area contributed by atoms with Crippen LogP contribution in [0, 0.1) is 5.82 Å². The summed E-state index contributed by atoms with van der Waals surface area (Å²) in [4.78, 5) is 13.5. The van der Waals surface area contributed by atoms with Crippen LogP contribution in [0.15, 0.2) is 36.7 Å². The minimum atomic E-state index is -0.459. The fourth-order valence-corrected chi connectivity index (χ4v) is 3.72. The van der Waals surface area contributed by atoms with Crippen LogP contribution in [0.2, 0.25) is 5.02 Å². The summed E-state index contributed by atoms with van der Waals surface area (Å²) in [5.74, 6) is 0.147. The number of hydrogen-bond donors (Lipinski definition) is 2. The van der Waals surface area contributed by atoms with Crippen molar-refractivity contribution >= 4 is 39.7 Å². The molecule has 152 valence electrons. The first-order valence-electron chi connectivity index (χ1n) is 9.65. The van der Waals surface area contributed by atoms with Crippen molar-refractivity contribution in [3.05, 3.63) is 53.1 Å². The van der Waals surface area contributed by atoms with Gasteiger partial charge in [-0.15, -0.1) is 0 Å². The fraction of sp³-hybridized carbons (Fsp3) is 0.333. The molecule has 8 heteroatoms. The average Bonchev–Trinajstić information content (AvgIpc) is 2.71. The average molecular weight is 415 g/mol. The van der Waals surface area contributed by atoms with Crippen molar-refractivity contribution in [3.63, 3.8) is 0 Å². The molecule has 0 amide bonds. The number of piperazine rings is 1. The number of hydrogen-bond acceptors (Lipinski definition) is 6. The standard InChI is InChI=1S/C21H24ClFN6/c1-28-6-8-29(9-7-28)5-4-14-10-20-16(12-19(14)24)21(26-13-25-20)27-15-2-3-18(23)17(22)11-15/h2-3,10-13H,4-9,24H2,1H3,(H,25,26,27). The van der Waals surface area contributed by atoms with Crippen molar-refractivity contribution in [3.8, 4) is 0 Å². The summed E-state index contributed by atoms with van der Waals surface area (Å²) >= 11 is 5.88. The van der Waals surface area contributed by atoms with E-state index in [1.807, 2.05) is 12.1 Å². The summed E-state index contributed by atoms with van der Waals surface area (Å²) in [7, 11) is 2.16. The molecule has 1 aliphatic rings. The van der Waals surface area contributed by atoms with Gasteiger partial charge in [0.15, 0.2) is 0 Å². The van der Waals surface area contributed by atoms with Crippen molar-refractivity contribution in [1.29, 1.82) is 0 Å². The zero-order chi connectivity index (χ0) is 20.4. The van der Waals surface area contributed by atoms with Gasteiger partial charge in [0.1, 0.15) is 18.0 Å². The zero-order valence-electron chi connectivity index (χ0n) is 16.3. The van der Waals surface area contributed by atoms with E-state index < -0.39 is 5.82 Å². The molecule has 0 radical (unpaired) electrons. The van der Waals surface area contributed by atoms with Gasteiger partial charge < -0.3 is 20.9 Å². The Morgan fingerprint density at radius 3 is 2.69 bits per heavy atom. The second-order valence-corrected chi connectivity index (χ2v) is 7.85. The Morgan fingerprint density at radius 1 is 1.14 bits per heavy atom. The second-order valence-electron chi connectivity index (χ2n) is 7.44. The number of nitrogens with zero attached hydrogens (tertiary/aromatic N) is 4. The molecule has 1 fully saturated rings. The minimum Gasteiger partial charge on any atom is -0.398 e. The normalized spacial score (nSPS) is 15.7. The first kappa shape index (κ1) is 19.8. The Balaban J connectivity index is 1.54. The lowest BCUT2D eigenvalue weighted by Gasteiger charge is -2.32. The number of likely N-dealkylation sites (N-methyl/N-ethyl adjacent to an activating group) is 1. The highest BCUT2D eigenvalue weighted by atomic mass is 35.5. The second kappa shape index (κ2) is 8.49. The van der Waals surface area contributed by atoms with E-state index in [4.69, 9.17) is 17.3 Å². The Hall–Kier alpha value is -2.48. The van der Waals surface area contributed by atoms with Crippen molar-refractivity contribution in [2.45, 2.75) is 6.42 Å². The molecule has 1 aliphatic heterocycles. The summed E-state index contributed by atoms with van der Waals surface area (Å²) in [5.41, 5.74) is 9.63. The number of halogens is 2. The largest absolute Gasteiger partial charge is 0.398 e. The number of aromatic nitrogens is 2. The predicted octanol–water partition coefficient (Wildman–Crippen LogP) is 3.54. The lowest BCUT2D eigenvalue weighted by Crippen LogP contribution is -2.45. The number of fused-ring (bicyclic) bond motifs is 1. The third-order valence-corrected chi connectivity index (χ3v) is 5.66. The van der Waals surface area contributed by atoms with Crippen molar-refractivity contribution in [2.24, 2.45) is 0 Å². The Kier molecular flexibility index (Phi) is 5.80. The van der Waals surface area contributed by atoms with E-state index in [-0.39, 0.29) is 5.02 Å². The summed E-state index contributed by atoms with van der Waals surface area (Å²) in [6.07, 6.45) is 2.39. The maximum Gasteiger partial charge on any atom is 0.141 e. The highest BCUT2D eigenvalue weighted by molar-refractivity contribution is 6.31. The summed E-state index contributed by atoms with van der Waals surface area (Å²) < 4.78 is 13.4. The lowest BCUT2D eigenvalue weighted by atomic mass is 10.1. The molecule has 0 spiro atoms. The van der Waals surface area contributed by atoms with E-state index in [0.717, 1.165) is 61.3 Å². The molecule has 1 aromatic heterocycles. The van der Waals surface area contributed by atoms with Crippen LogP contribution in [0.1, 0.15) is 5.56 Å². The van der Waals surface area contributed by atoms with Crippen LogP contribution < -0.4 is 11.1 Å². The van der Waals surface area contributed by atoms with Gasteiger partial charge in [0.2, 0.25) is 0 Å². The van der Waals surface area contributed by atoms with Crippen LogP contribution in [-0.4, -0.2) is 59.5 Å². The van der Waals surface area contributed by atoms with E-state index in [1.54, 1.807) is 6.07 Å². The molecule has 0 aliphatic carbocycles. The number of nitrogens with two attached hydrogens (primary N) is 1. The molecule has 3 N–H and O–H groups in total. The molecular formula is C21H24ClFN6. The third kappa shape index (κ3) is 4.58. The quantitative estimate of drug-likeness (QED) is 0.622. The van der Waals surface area contributed by atoms with E-state index in [1.165, 1.54) is 18.5 Å². The van der Waals surface area contributed by atoms with Gasteiger partial charge in [0, 0.05) is 49.5 Å². The molecule has 0 unspecified atom stereocenters. The summed E-state index contributed by atoms with van der Waals surface area (Å²) in [5, 5.41) is 4.05. The molecule has 1 saturated heterocycles. The van der Waals surface area contributed by atoms with Crippen molar-refractivity contribution in [2.75, 3.05) is 50.8 Å². The molecule has 0 saturated carbocycles. The monoisotopic (exact) mass is 414 g/mol. The molecule has 0 bridgehead atoms. The fourth-order valence-electron chi connectivity index (χ4n) is 3.54. The maximum atomic E-state index is 13.4. The number of rotatable bonds is 5. The summed E-state index contributed by atoms with van der Waals surface area (Å²) in [6, 6.07) is 8.40. The van der Waals surface area contributed by atoms with Gasteiger partial charge in [0.25, 0.3) is 0 Å². The zero-order valence-corrected chi connectivity index (χ0v) is 17.1. The smallest absolute Gasteiger partial charge is 0.141 e. The van der Waals surface area contributed by atoms with Crippen molar-refractivity contribution < 1.29 is 4.39 Å². The van der Waals surface area contributed by atoms with Gasteiger partial charge in [-0.3, -0.25) is 0 Å². The minimum absolute atomic E-state index is 0.0547. The van der Waals surface area contributed by atoms with Crippen LogP contribution in [0.5, 0.6) is 0 Å². The van der Waals surface area contributed by atoms with E-state index in [2.05, 4.69) is 32.1 Å². The van der Waals surface area contributed by atoms with Crippen LogP contribution in [0.3, 0.4) is 0 Å². The van der Waals surface area contributed by atoms with Gasteiger partial charge in [0.05, 0.1) is 10.5 Å². The van der Waals surface area contributed by atoms with Crippen LogP contribution in [0.4, 0.5) is 21.6 Å². The number of nitrogen functional groups attached to an aromatic ring is 1. The van der Waals surface area contributed by atoms with E-state index in [9.17, 15) is 4.39 Å². The number of anilines is 3. The first-order valence-corrected chi connectivity index (χ1v) is 10.0. The van der Waals surface area contributed by atoms with Crippen LogP contribution in [-0.2, 0) is 6.42 Å². The molecule has 3 aromatic rings. The lowest BCUT2D eigenvalue weighted by molar-refractivity contribution is 0.155. The van der Waals surface area contributed by atoms with Crippen LogP contribution in [0.25, 0.3) is 10.9 Å². The van der Waals surface area contributed by atoms with Gasteiger partial charge in [-0.2, -0.15) is 0 Å². The topological polar surface area (TPSA) is 70.3 Å². The van der Waals surface area contributed by atoms with Gasteiger partial charge in [-0.1, -0.05) is 11.6 Å². The summed E-state index contributed by atoms with van der Waals surface area (Å²) in [6.45, 7) is 5.35. The maximum absolute atomic E-state index is 13.4. The molecular weight excluding hydrogens is 391 g/mol. The first-order chi connectivity index (χ1) is 14.0. The van der Waals surface area contributed by atoms with Gasteiger partial charge >= 0.3 is 0 Å². The van der Waals surface area contributed by atoms with E-state index in [0.29, 0.717) is 11.5 Å². The number of nitrogens with one attached hydrogen (secondary N) is 1. The molecule has 2 aromatic carbocycles. The Labute approximate surface area is 174 Å². The Bertz CT molecular complexity index is 1020. The van der Waals surface area contributed by atoms with Gasteiger partial charge in [-0.05, 0) is 49.4 Å². The van der Waals surface area contributed by atoms with Crippen LogP contribution >= 0.6 is 11.6 Å². The number of benzene rings is 2. The third-order valence-electron chi connectivity index (χ3n) is 5.37. The molecule has 2 heterocycles. The molecule has 0 atom stereocenters. The molecule has 29 heavy (non-hydrogen) atoms. The van der Waals surface area contributed by atoms with E-state index >= 15 is 0 Å². The Morgan fingerprint density at radius 2 is 1.93 bits per heavy atom. The van der Waals surface area contributed by atoms with Crippen molar-refractivity contribution in [1.82, 2.24) is 19.8 Å². The van der Waals surface area contributed by atoms with Gasteiger partial charge in [-0.25, -0.2) is 14.4 Å². The highest BCUT2D eigenvalue weighted by Gasteiger charge is 2.15.